The number of hydrogen-bond acceptors (Lipinski definition) is 5. The van der Waals surface area contributed by atoms with Crippen molar-refractivity contribution < 1.29 is 9.59 Å². The number of piperidine rings is 1. The van der Waals surface area contributed by atoms with Gasteiger partial charge in [0.15, 0.2) is 0 Å². The molecule has 2 amide bonds. The van der Waals surface area contributed by atoms with E-state index in [2.05, 4.69) is 15.4 Å². The fraction of sp³-hybridized carbons (Fsp3) is 0.636. The Morgan fingerprint density at radius 1 is 1.53 bits per heavy atom. The molecule has 0 bridgehead atoms. The fourth-order valence-electron chi connectivity index (χ4n) is 2.23. The van der Waals surface area contributed by atoms with E-state index in [1.165, 1.54) is 22.2 Å². The van der Waals surface area contributed by atoms with Crippen LogP contribution >= 0.6 is 0 Å². The molecule has 1 aliphatic rings. The van der Waals surface area contributed by atoms with Gasteiger partial charge in [0.05, 0.1) is 6.54 Å². The van der Waals surface area contributed by atoms with Crippen molar-refractivity contribution in [3.8, 4) is 0 Å². The third-order valence-electron chi connectivity index (χ3n) is 3.12. The zero-order valence-corrected chi connectivity index (χ0v) is 10.7. The van der Waals surface area contributed by atoms with Crippen molar-refractivity contribution in [2.24, 2.45) is 5.73 Å². The number of rotatable bonds is 5. The van der Waals surface area contributed by atoms with Crippen LogP contribution in [0.1, 0.15) is 12.8 Å². The van der Waals surface area contributed by atoms with Crippen LogP contribution in [0.15, 0.2) is 12.7 Å². The molecule has 0 spiro atoms. The summed E-state index contributed by atoms with van der Waals surface area (Å²) in [6.07, 6.45) is 4.70. The molecule has 1 aromatic rings. The maximum atomic E-state index is 12.2. The highest BCUT2D eigenvalue weighted by Gasteiger charge is 2.26. The van der Waals surface area contributed by atoms with Crippen LogP contribution in [0.2, 0.25) is 0 Å². The van der Waals surface area contributed by atoms with Crippen molar-refractivity contribution in [2.45, 2.75) is 25.4 Å². The molecular weight excluding hydrogens is 248 g/mol. The Kier molecular flexibility index (Phi) is 4.45. The summed E-state index contributed by atoms with van der Waals surface area (Å²) in [5.74, 6) is -0.671. The first kappa shape index (κ1) is 13.5. The molecule has 19 heavy (non-hydrogen) atoms. The molecular formula is C11H18N6O2. The molecule has 8 heteroatoms. The van der Waals surface area contributed by atoms with Crippen molar-refractivity contribution in [3.05, 3.63) is 12.7 Å². The Morgan fingerprint density at radius 3 is 2.95 bits per heavy atom. The highest BCUT2D eigenvalue weighted by Crippen LogP contribution is 2.11. The number of nitrogens with zero attached hydrogens (tertiary/aromatic N) is 4. The molecule has 0 saturated carbocycles. The lowest BCUT2D eigenvalue weighted by Crippen LogP contribution is -2.52. The molecule has 1 aromatic heterocycles. The molecule has 0 radical (unpaired) electrons. The summed E-state index contributed by atoms with van der Waals surface area (Å²) in [4.78, 5) is 28.7. The monoisotopic (exact) mass is 266 g/mol. The molecule has 2 rings (SSSR count). The van der Waals surface area contributed by atoms with E-state index in [1.807, 2.05) is 0 Å². The Morgan fingerprint density at radius 2 is 2.37 bits per heavy atom. The van der Waals surface area contributed by atoms with Crippen LogP contribution in [0.25, 0.3) is 0 Å². The van der Waals surface area contributed by atoms with Gasteiger partial charge in [-0.15, -0.1) is 0 Å². The molecule has 0 aromatic carbocycles. The van der Waals surface area contributed by atoms with E-state index in [0.717, 1.165) is 19.4 Å². The van der Waals surface area contributed by atoms with Gasteiger partial charge in [0.2, 0.25) is 11.8 Å². The maximum absolute atomic E-state index is 12.2. The zero-order chi connectivity index (χ0) is 13.7. The standard InChI is InChI=1S/C11H18N6O2/c12-10(18)5-17(9-2-1-3-13-4-9)11(19)6-16-8-14-7-15-16/h7-9,13H,1-6H2,(H2,12,18). The average molecular weight is 266 g/mol. The normalized spacial score (nSPS) is 19.1. The molecule has 8 nitrogen and oxygen atoms in total. The number of aromatic nitrogens is 3. The van der Waals surface area contributed by atoms with Gasteiger partial charge < -0.3 is 16.0 Å². The van der Waals surface area contributed by atoms with Crippen LogP contribution < -0.4 is 11.1 Å². The van der Waals surface area contributed by atoms with Gasteiger partial charge in [-0.3, -0.25) is 9.59 Å². The molecule has 3 N–H and O–H groups in total. The SMILES string of the molecule is NC(=O)CN(C(=O)Cn1cncn1)C1CCCNC1. The van der Waals surface area contributed by atoms with E-state index in [-0.39, 0.29) is 25.0 Å². The van der Waals surface area contributed by atoms with Crippen molar-refractivity contribution in [1.82, 2.24) is 25.0 Å². The van der Waals surface area contributed by atoms with Gasteiger partial charge in [-0.1, -0.05) is 0 Å². The summed E-state index contributed by atoms with van der Waals surface area (Å²) in [5, 5.41) is 7.11. The van der Waals surface area contributed by atoms with Gasteiger partial charge in [-0.25, -0.2) is 9.67 Å². The minimum Gasteiger partial charge on any atom is -0.368 e. The summed E-state index contributed by atoms with van der Waals surface area (Å²) in [6, 6.07) is 0.0114. The van der Waals surface area contributed by atoms with Gasteiger partial charge in [-0.05, 0) is 19.4 Å². The van der Waals surface area contributed by atoms with E-state index in [9.17, 15) is 9.59 Å². The van der Waals surface area contributed by atoms with Gasteiger partial charge in [-0.2, -0.15) is 5.10 Å². The lowest BCUT2D eigenvalue weighted by molar-refractivity contribution is -0.138. The summed E-state index contributed by atoms with van der Waals surface area (Å²) in [6.45, 7) is 1.65. The van der Waals surface area contributed by atoms with Crippen LogP contribution in [0.4, 0.5) is 0 Å². The van der Waals surface area contributed by atoms with Crippen molar-refractivity contribution in [3.63, 3.8) is 0 Å². The largest absolute Gasteiger partial charge is 0.368 e. The fourth-order valence-corrected chi connectivity index (χ4v) is 2.23. The number of carbonyl (C=O) groups is 2. The summed E-state index contributed by atoms with van der Waals surface area (Å²) in [7, 11) is 0. The Balaban J connectivity index is 2.02. The first-order valence-corrected chi connectivity index (χ1v) is 6.27. The minimum absolute atomic E-state index is 0.0114. The number of hydrogen-bond donors (Lipinski definition) is 2. The Labute approximate surface area is 111 Å². The predicted molar refractivity (Wildman–Crippen MR) is 66.8 cm³/mol. The van der Waals surface area contributed by atoms with Gasteiger partial charge in [0.25, 0.3) is 0 Å². The molecule has 1 aliphatic heterocycles. The lowest BCUT2D eigenvalue weighted by Gasteiger charge is -2.33. The quantitative estimate of drug-likeness (QED) is 0.663. The zero-order valence-electron chi connectivity index (χ0n) is 10.7. The van der Waals surface area contributed by atoms with Crippen LogP contribution in [0.3, 0.4) is 0 Å². The van der Waals surface area contributed by atoms with Crippen molar-refractivity contribution in [2.75, 3.05) is 19.6 Å². The van der Waals surface area contributed by atoms with Crippen molar-refractivity contribution in [1.29, 1.82) is 0 Å². The highest BCUT2D eigenvalue weighted by molar-refractivity contribution is 5.84. The van der Waals surface area contributed by atoms with Crippen molar-refractivity contribution >= 4 is 11.8 Å². The second-order valence-corrected chi connectivity index (χ2v) is 4.58. The van der Waals surface area contributed by atoms with Crippen LogP contribution in [0, 0.1) is 0 Å². The third kappa shape index (κ3) is 3.75. The van der Waals surface area contributed by atoms with Crippen LogP contribution in [-0.2, 0) is 16.1 Å². The number of carbonyl (C=O) groups excluding carboxylic acids is 2. The van der Waals surface area contributed by atoms with Gasteiger partial charge in [0, 0.05) is 12.6 Å². The molecule has 1 saturated heterocycles. The molecule has 1 fully saturated rings. The second-order valence-electron chi connectivity index (χ2n) is 4.58. The second kappa shape index (κ2) is 6.28. The van der Waals surface area contributed by atoms with E-state index < -0.39 is 5.91 Å². The highest BCUT2D eigenvalue weighted by atomic mass is 16.2. The topological polar surface area (TPSA) is 106 Å². The van der Waals surface area contributed by atoms with E-state index in [0.29, 0.717) is 6.54 Å². The smallest absolute Gasteiger partial charge is 0.245 e. The van der Waals surface area contributed by atoms with Crippen LogP contribution in [-0.4, -0.2) is 57.2 Å². The number of amides is 2. The Bertz CT molecular complexity index is 426. The van der Waals surface area contributed by atoms with Crippen LogP contribution in [0.5, 0.6) is 0 Å². The number of nitrogens with two attached hydrogens (primary N) is 1. The van der Waals surface area contributed by atoms with Gasteiger partial charge in [0.1, 0.15) is 19.2 Å². The summed E-state index contributed by atoms with van der Waals surface area (Å²) >= 11 is 0. The third-order valence-corrected chi connectivity index (χ3v) is 3.12. The van der Waals surface area contributed by atoms with Gasteiger partial charge >= 0.3 is 0 Å². The molecule has 104 valence electrons. The maximum Gasteiger partial charge on any atom is 0.245 e. The minimum atomic E-state index is -0.502. The number of primary amides is 1. The summed E-state index contributed by atoms with van der Waals surface area (Å²) < 4.78 is 1.44. The summed E-state index contributed by atoms with van der Waals surface area (Å²) in [5.41, 5.74) is 5.22. The van der Waals surface area contributed by atoms with E-state index in [4.69, 9.17) is 5.73 Å². The van der Waals surface area contributed by atoms with E-state index in [1.54, 1.807) is 0 Å². The lowest BCUT2D eigenvalue weighted by atomic mass is 10.1. The molecule has 2 heterocycles. The molecule has 0 aliphatic carbocycles. The first-order chi connectivity index (χ1) is 9.16. The van der Waals surface area contributed by atoms with E-state index >= 15 is 0 Å². The molecule has 1 atom stereocenters. The molecule has 1 unspecified atom stereocenters. The first-order valence-electron chi connectivity index (χ1n) is 6.27. The number of nitrogens with one attached hydrogen (secondary N) is 1. The predicted octanol–water partition coefficient (Wildman–Crippen LogP) is -1.66. The Hall–Kier alpha value is -1.96. The average Bonchev–Trinajstić information content (AvgIpc) is 2.89.